The topological polar surface area (TPSA) is 112 Å². The van der Waals surface area contributed by atoms with E-state index in [0.29, 0.717) is 29.3 Å². The fourth-order valence-corrected chi connectivity index (χ4v) is 4.87. The van der Waals surface area contributed by atoms with E-state index < -0.39 is 16.8 Å². The first-order valence-corrected chi connectivity index (χ1v) is 9.56. The number of pyridine rings is 1. The number of amidine groups is 1. The van der Waals surface area contributed by atoms with Crippen molar-refractivity contribution in [2.75, 3.05) is 31.1 Å². The Balaban J connectivity index is 1.88. The number of hydrogen-bond donors (Lipinski definition) is 3. The van der Waals surface area contributed by atoms with Gasteiger partial charge in [-0.2, -0.15) is 0 Å². The molecule has 1 unspecified atom stereocenters. The molecule has 1 atom stereocenters. The molecule has 2 aromatic heterocycles. The van der Waals surface area contributed by atoms with Crippen molar-refractivity contribution in [3.8, 4) is 5.75 Å². The number of anilines is 1. The molecule has 0 bridgehead atoms. The average Bonchev–Trinajstić information content (AvgIpc) is 3.08. The van der Waals surface area contributed by atoms with Crippen molar-refractivity contribution in [2.24, 2.45) is 4.99 Å². The van der Waals surface area contributed by atoms with Crippen LogP contribution in [-0.2, 0) is 0 Å². The van der Waals surface area contributed by atoms with Gasteiger partial charge in [-0.3, -0.25) is 29.6 Å². The highest BCUT2D eigenvalue weighted by atomic mass is 32.1. The SMILES string of the molecule is CC1COc2c(N3CCN=C(NO)C3)c(F)cc3c(=O)c4c(=O)[nH]sc4n1c23. The van der Waals surface area contributed by atoms with E-state index >= 15 is 4.39 Å². The molecular weight excluding hydrogens is 389 g/mol. The van der Waals surface area contributed by atoms with Crippen LogP contribution in [0.5, 0.6) is 5.75 Å². The number of hydroxylamine groups is 1. The molecule has 0 saturated heterocycles. The quantitative estimate of drug-likeness (QED) is 0.525. The summed E-state index contributed by atoms with van der Waals surface area (Å²) in [5, 5.41) is 9.32. The highest BCUT2D eigenvalue weighted by molar-refractivity contribution is 7.12. The second-order valence-corrected chi connectivity index (χ2v) is 7.66. The zero-order chi connectivity index (χ0) is 19.6. The lowest BCUT2D eigenvalue weighted by atomic mass is 10.1. The van der Waals surface area contributed by atoms with Gasteiger partial charge in [0.15, 0.2) is 11.6 Å². The largest absolute Gasteiger partial charge is 0.487 e. The van der Waals surface area contributed by atoms with Crippen LogP contribution in [0.25, 0.3) is 21.1 Å². The number of H-pyrrole nitrogens is 1. The van der Waals surface area contributed by atoms with Gasteiger partial charge in [-0.15, -0.1) is 0 Å². The van der Waals surface area contributed by atoms with Gasteiger partial charge in [0.25, 0.3) is 5.56 Å². The maximum atomic E-state index is 15.2. The summed E-state index contributed by atoms with van der Waals surface area (Å²) in [5.41, 5.74) is 1.74. The Morgan fingerprint density at radius 2 is 2.29 bits per heavy atom. The van der Waals surface area contributed by atoms with E-state index in [0.717, 1.165) is 11.5 Å². The second-order valence-electron chi connectivity index (χ2n) is 6.87. The molecule has 146 valence electrons. The summed E-state index contributed by atoms with van der Waals surface area (Å²) in [4.78, 5) is 31.5. The Morgan fingerprint density at radius 1 is 1.46 bits per heavy atom. The van der Waals surface area contributed by atoms with Gasteiger partial charge in [-0.25, -0.2) is 4.39 Å². The van der Waals surface area contributed by atoms with Gasteiger partial charge in [0.2, 0.25) is 5.43 Å². The van der Waals surface area contributed by atoms with E-state index in [4.69, 9.17) is 9.94 Å². The monoisotopic (exact) mass is 405 g/mol. The predicted octanol–water partition coefficient (Wildman–Crippen LogP) is 1.19. The third-order valence-electron chi connectivity index (χ3n) is 5.16. The zero-order valence-corrected chi connectivity index (χ0v) is 15.6. The Kier molecular flexibility index (Phi) is 3.71. The van der Waals surface area contributed by atoms with E-state index in [-0.39, 0.29) is 41.4 Å². The maximum Gasteiger partial charge on any atom is 0.271 e. The molecule has 0 aliphatic carbocycles. The number of nitrogens with one attached hydrogen (secondary N) is 2. The fourth-order valence-electron chi connectivity index (χ4n) is 3.93. The van der Waals surface area contributed by atoms with Gasteiger partial charge in [0.05, 0.1) is 30.0 Å². The number of benzene rings is 1. The van der Waals surface area contributed by atoms with Crippen molar-refractivity contribution in [1.82, 2.24) is 14.4 Å². The number of nitrogens with zero attached hydrogens (tertiary/aromatic N) is 3. The van der Waals surface area contributed by atoms with Crippen molar-refractivity contribution in [2.45, 2.75) is 13.0 Å². The first kappa shape index (κ1) is 17.2. The minimum absolute atomic E-state index is 0.0428. The van der Waals surface area contributed by atoms with Crippen LogP contribution in [-0.4, -0.2) is 46.2 Å². The number of hydrogen-bond acceptors (Lipinski definition) is 8. The molecule has 3 N–H and O–H groups in total. The molecule has 0 amide bonds. The summed E-state index contributed by atoms with van der Waals surface area (Å²) in [5.74, 6) is -0.0307. The van der Waals surface area contributed by atoms with E-state index in [1.165, 1.54) is 6.07 Å². The minimum atomic E-state index is -0.620. The second kappa shape index (κ2) is 6.04. The van der Waals surface area contributed by atoms with E-state index in [9.17, 15) is 9.59 Å². The smallest absolute Gasteiger partial charge is 0.271 e. The molecule has 0 fully saturated rings. The molecule has 9 nitrogen and oxygen atoms in total. The molecule has 4 heterocycles. The van der Waals surface area contributed by atoms with Crippen LogP contribution in [0.1, 0.15) is 13.0 Å². The molecule has 28 heavy (non-hydrogen) atoms. The van der Waals surface area contributed by atoms with Crippen molar-refractivity contribution in [3.05, 3.63) is 32.5 Å². The Bertz CT molecular complexity index is 1280. The van der Waals surface area contributed by atoms with Crippen LogP contribution in [0.2, 0.25) is 0 Å². The summed E-state index contributed by atoms with van der Waals surface area (Å²) < 4.78 is 25.6. The van der Waals surface area contributed by atoms with Crippen molar-refractivity contribution in [3.63, 3.8) is 0 Å². The highest BCUT2D eigenvalue weighted by Gasteiger charge is 2.31. The zero-order valence-electron chi connectivity index (χ0n) is 14.8. The van der Waals surface area contributed by atoms with E-state index in [1.54, 1.807) is 4.90 Å². The Morgan fingerprint density at radius 3 is 3.07 bits per heavy atom. The van der Waals surface area contributed by atoms with Crippen LogP contribution in [0.4, 0.5) is 10.1 Å². The average molecular weight is 405 g/mol. The minimum Gasteiger partial charge on any atom is -0.487 e. The maximum absolute atomic E-state index is 15.2. The van der Waals surface area contributed by atoms with Crippen LogP contribution in [0.15, 0.2) is 20.6 Å². The number of aliphatic imine (C=N–C) groups is 1. The molecular formula is C17H16FN5O4S. The normalized spacial score (nSPS) is 19.0. The van der Waals surface area contributed by atoms with Gasteiger partial charge in [0, 0.05) is 6.54 Å². The van der Waals surface area contributed by atoms with Crippen molar-refractivity contribution in [1.29, 1.82) is 0 Å². The molecule has 3 aromatic rings. The lowest BCUT2D eigenvalue weighted by molar-refractivity contribution is 0.231. The first-order chi connectivity index (χ1) is 13.5. The Hall–Kier alpha value is -2.92. The first-order valence-electron chi connectivity index (χ1n) is 8.74. The van der Waals surface area contributed by atoms with Gasteiger partial charge in [-0.1, -0.05) is 0 Å². The summed E-state index contributed by atoms with van der Waals surface area (Å²) >= 11 is 1.09. The molecule has 11 heteroatoms. The van der Waals surface area contributed by atoms with Crippen LogP contribution < -0.4 is 26.1 Å². The van der Waals surface area contributed by atoms with Gasteiger partial charge < -0.3 is 14.2 Å². The lowest BCUT2D eigenvalue weighted by Gasteiger charge is -2.33. The lowest BCUT2D eigenvalue weighted by Crippen LogP contribution is -2.42. The van der Waals surface area contributed by atoms with Crippen LogP contribution >= 0.6 is 11.5 Å². The van der Waals surface area contributed by atoms with E-state index in [2.05, 4.69) is 9.37 Å². The third-order valence-corrected chi connectivity index (χ3v) is 6.05. The number of aromatic amines is 1. The van der Waals surface area contributed by atoms with E-state index in [1.807, 2.05) is 17.0 Å². The fraction of sp³-hybridized carbons (Fsp3) is 0.353. The number of ether oxygens (including phenoxy) is 1. The predicted molar refractivity (Wildman–Crippen MR) is 104 cm³/mol. The van der Waals surface area contributed by atoms with Gasteiger partial charge >= 0.3 is 0 Å². The molecule has 1 aromatic carbocycles. The number of halogens is 1. The van der Waals surface area contributed by atoms with Gasteiger partial charge in [0.1, 0.15) is 28.3 Å². The number of rotatable bonds is 1. The summed E-state index contributed by atoms with van der Waals surface area (Å²) in [7, 11) is 0. The number of fused-ring (bicyclic) bond motifs is 2. The summed E-state index contributed by atoms with van der Waals surface area (Å²) in [6.07, 6.45) is 0. The van der Waals surface area contributed by atoms with Crippen molar-refractivity contribution < 1.29 is 14.3 Å². The summed E-state index contributed by atoms with van der Waals surface area (Å²) in [6.45, 7) is 3.18. The number of aromatic nitrogens is 2. The molecule has 2 aliphatic rings. The van der Waals surface area contributed by atoms with Gasteiger partial charge in [-0.05, 0) is 24.5 Å². The molecule has 5 rings (SSSR count). The molecule has 2 aliphatic heterocycles. The summed E-state index contributed by atoms with van der Waals surface area (Å²) in [6, 6.07) is 1.03. The van der Waals surface area contributed by atoms with Crippen LogP contribution in [0.3, 0.4) is 0 Å². The highest BCUT2D eigenvalue weighted by Crippen LogP contribution is 2.43. The standard InChI is InChI=1S/C17H16FN5O4S/c1-7-6-27-15-12-8(14(24)11-16(25)21-28-17(11)23(7)12)4-9(18)13(15)22-3-2-19-10(5-22)20-26/h4,7,26H,2-3,5-6H2,1H3,(H,19,20)(H,21,25). The van der Waals surface area contributed by atoms with Crippen molar-refractivity contribution >= 4 is 44.2 Å². The Labute approximate surface area is 160 Å². The molecule has 0 saturated carbocycles. The third kappa shape index (κ3) is 2.23. The van der Waals surface area contributed by atoms with Crippen LogP contribution in [0, 0.1) is 5.82 Å². The molecule has 0 radical (unpaired) electrons. The molecule has 0 spiro atoms.